The zero-order valence-electron chi connectivity index (χ0n) is 11.9. The van der Waals surface area contributed by atoms with E-state index < -0.39 is 0 Å². The number of aryl methyl sites for hydroxylation is 1. The van der Waals surface area contributed by atoms with Gasteiger partial charge in [-0.3, -0.25) is 4.79 Å². The number of hydrogen-bond donors (Lipinski definition) is 1. The van der Waals surface area contributed by atoms with E-state index >= 15 is 0 Å². The number of anilines is 1. The van der Waals surface area contributed by atoms with Gasteiger partial charge in [0.25, 0.3) is 0 Å². The SMILES string of the molecule is Cc1ccc2c(c1)S[C@@H](C(=O)Nc1cccc(Cl)c1C)C2. The van der Waals surface area contributed by atoms with Crippen molar-refractivity contribution in [2.45, 2.75) is 30.4 Å². The molecule has 1 heterocycles. The third-order valence-corrected chi connectivity index (χ3v) is 5.42. The van der Waals surface area contributed by atoms with Gasteiger partial charge in [-0.1, -0.05) is 35.4 Å². The molecule has 0 saturated heterocycles. The van der Waals surface area contributed by atoms with Crippen LogP contribution in [0.2, 0.25) is 5.02 Å². The number of hydrogen-bond acceptors (Lipinski definition) is 2. The molecular formula is C17H16ClNOS. The molecule has 1 N–H and O–H groups in total. The van der Waals surface area contributed by atoms with Crippen molar-refractivity contribution in [3.8, 4) is 0 Å². The summed E-state index contributed by atoms with van der Waals surface area (Å²) in [5.74, 6) is 0.0409. The molecule has 1 atom stereocenters. The van der Waals surface area contributed by atoms with Crippen molar-refractivity contribution in [3.63, 3.8) is 0 Å². The summed E-state index contributed by atoms with van der Waals surface area (Å²) >= 11 is 7.73. The average molecular weight is 318 g/mol. The second-order valence-electron chi connectivity index (χ2n) is 5.32. The predicted octanol–water partition coefficient (Wildman–Crippen LogP) is 4.61. The fourth-order valence-electron chi connectivity index (χ4n) is 2.44. The van der Waals surface area contributed by atoms with Crippen LogP contribution in [0.4, 0.5) is 5.69 Å². The normalized spacial score (nSPS) is 16.6. The summed E-state index contributed by atoms with van der Waals surface area (Å²) in [5, 5.41) is 3.60. The van der Waals surface area contributed by atoms with Gasteiger partial charge in [-0.2, -0.15) is 0 Å². The molecule has 0 fully saturated rings. The Morgan fingerprint density at radius 2 is 2.10 bits per heavy atom. The molecular weight excluding hydrogens is 302 g/mol. The summed E-state index contributed by atoms with van der Waals surface area (Å²) < 4.78 is 0. The summed E-state index contributed by atoms with van der Waals surface area (Å²) in [4.78, 5) is 13.7. The molecule has 1 amide bonds. The van der Waals surface area contributed by atoms with Crippen molar-refractivity contribution in [2.75, 3.05) is 5.32 Å². The second-order valence-corrected chi connectivity index (χ2v) is 6.98. The Labute approximate surface area is 133 Å². The molecule has 1 aliphatic rings. The fourth-order valence-corrected chi connectivity index (χ4v) is 3.90. The molecule has 1 aliphatic heterocycles. The molecule has 2 aromatic carbocycles. The quantitative estimate of drug-likeness (QED) is 0.876. The highest BCUT2D eigenvalue weighted by Gasteiger charge is 2.28. The van der Waals surface area contributed by atoms with E-state index in [1.54, 1.807) is 11.8 Å². The molecule has 108 valence electrons. The summed E-state index contributed by atoms with van der Waals surface area (Å²) in [6.07, 6.45) is 0.783. The van der Waals surface area contributed by atoms with Crippen molar-refractivity contribution in [2.24, 2.45) is 0 Å². The van der Waals surface area contributed by atoms with Gasteiger partial charge in [0, 0.05) is 15.6 Å². The van der Waals surface area contributed by atoms with Crippen LogP contribution < -0.4 is 5.32 Å². The maximum atomic E-state index is 12.5. The monoisotopic (exact) mass is 317 g/mol. The molecule has 0 spiro atoms. The number of nitrogens with one attached hydrogen (secondary N) is 1. The Hall–Kier alpha value is -1.45. The number of halogens is 1. The molecule has 2 nitrogen and oxygen atoms in total. The van der Waals surface area contributed by atoms with Crippen LogP contribution in [0.1, 0.15) is 16.7 Å². The van der Waals surface area contributed by atoms with Crippen molar-refractivity contribution in [1.82, 2.24) is 0 Å². The van der Waals surface area contributed by atoms with Gasteiger partial charge in [0.2, 0.25) is 5.91 Å². The number of carbonyl (C=O) groups is 1. The lowest BCUT2D eigenvalue weighted by atomic mass is 10.1. The van der Waals surface area contributed by atoms with E-state index in [0.717, 1.165) is 17.7 Å². The van der Waals surface area contributed by atoms with Gasteiger partial charge >= 0.3 is 0 Å². The first-order valence-corrected chi connectivity index (χ1v) is 8.12. The highest BCUT2D eigenvalue weighted by molar-refractivity contribution is 8.01. The van der Waals surface area contributed by atoms with Crippen molar-refractivity contribution < 1.29 is 4.79 Å². The first-order chi connectivity index (χ1) is 10.0. The van der Waals surface area contributed by atoms with E-state index in [0.29, 0.717) is 5.02 Å². The molecule has 0 saturated carbocycles. The van der Waals surface area contributed by atoms with Gasteiger partial charge < -0.3 is 5.32 Å². The lowest BCUT2D eigenvalue weighted by Gasteiger charge is -2.12. The number of thioether (sulfide) groups is 1. The predicted molar refractivity (Wildman–Crippen MR) is 89.3 cm³/mol. The van der Waals surface area contributed by atoms with Gasteiger partial charge in [0.1, 0.15) is 0 Å². The van der Waals surface area contributed by atoms with Crippen LogP contribution in [0.25, 0.3) is 0 Å². The zero-order chi connectivity index (χ0) is 15.0. The topological polar surface area (TPSA) is 29.1 Å². The zero-order valence-corrected chi connectivity index (χ0v) is 13.5. The number of benzene rings is 2. The molecule has 3 rings (SSSR count). The van der Waals surface area contributed by atoms with Crippen LogP contribution >= 0.6 is 23.4 Å². The number of rotatable bonds is 2. The maximum Gasteiger partial charge on any atom is 0.238 e. The van der Waals surface area contributed by atoms with E-state index in [-0.39, 0.29) is 11.2 Å². The largest absolute Gasteiger partial charge is 0.325 e. The second kappa shape index (κ2) is 5.74. The van der Waals surface area contributed by atoms with Gasteiger partial charge in [0.05, 0.1) is 5.25 Å². The summed E-state index contributed by atoms with van der Waals surface area (Å²) in [7, 11) is 0. The third-order valence-electron chi connectivity index (χ3n) is 3.72. The first-order valence-electron chi connectivity index (χ1n) is 6.87. The first kappa shape index (κ1) is 14.5. The number of fused-ring (bicyclic) bond motifs is 1. The van der Waals surface area contributed by atoms with E-state index in [4.69, 9.17) is 11.6 Å². The Kier molecular flexibility index (Phi) is 3.96. The molecule has 0 aliphatic carbocycles. The Bertz CT molecular complexity index is 714. The van der Waals surface area contributed by atoms with Crippen LogP contribution in [0.5, 0.6) is 0 Å². The van der Waals surface area contributed by atoms with Gasteiger partial charge in [-0.15, -0.1) is 11.8 Å². The fraction of sp³-hybridized carbons (Fsp3) is 0.235. The Morgan fingerprint density at radius 1 is 1.29 bits per heavy atom. The summed E-state index contributed by atoms with van der Waals surface area (Å²) in [6.45, 7) is 3.99. The smallest absolute Gasteiger partial charge is 0.238 e. The van der Waals surface area contributed by atoms with Crippen LogP contribution in [0.15, 0.2) is 41.3 Å². The summed E-state index contributed by atoms with van der Waals surface area (Å²) in [6, 6.07) is 11.9. The van der Waals surface area contributed by atoms with Crippen LogP contribution in [0, 0.1) is 13.8 Å². The lowest BCUT2D eigenvalue weighted by Crippen LogP contribution is -2.25. The molecule has 21 heavy (non-hydrogen) atoms. The minimum absolute atomic E-state index is 0.0409. The van der Waals surface area contributed by atoms with Crippen LogP contribution in [0.3, 0.4) is 0 Å². The Morgan fingerprint density at radius 3 is 2.90 bits per heavy atom. The molecule has 0 aromatic heterocycles. The third kappa shape index (κ3) is 2.94. The highest BCUT2D eigenvalue weighted by atomic mass is 35.5. The van der Waals surface area contributed by atoms with Crippen molar-refractivity contribution >= 4 is 35.0 Å². The van der Waals surface area contributed by atoms with E-state index in [9.17, 15) is 4.79 Å². The molecule has 0 bridgehead atoms. The highest BCUT2D eigenvalue weighted by Crippen LogP contribution is 2.38. The lowest BCUT2D eigenvalue weighted by molar-refractivity contribution is -0.115. The minimum Gasteiger partial charge on any atom is -0.325 e. The maximum absolute atomic E-state index is 12.5. The Balaban J connectivity index is 1.75. The van der Waals surface area contributed by atoms with Crippen molar-refractivity contribution in [3.05, 3.63) is 58.1 Å². The minimum atomic E-state index is -0.0693. The van der Waals surface area contributed by atoms with Gasteiger partial charge in [0.15, 0.2) is 0 Å². The molecule has 0 unspecified atom stereocenters. The standard InChI is InChI=1S/C17H16ClNOS/c1-10-6-7-12-9-16(21-15(12)8-10)17(20)19-14-5-3-4-13(18)11(14)2/h3-8,16H,9H2,1-2H3,(H,19,20)/t16-/m1/s1. The molecule has 4 heteroatoms. The number of carbonyl (C=O) groups excluding carboxylic acids is 1. The van der Waals surface area contributed by atoms with Gasteiger partial charge in [-0.25, -0.2) is 0 Å². The van der Waals surface area contributed by atoms with Gasteiger partial charge in [-0.05, 0) is 49.6 Å². The summed E-state index contributed by atoms with van der Waals surface area (Å²) in [5.41, 5.74) is 4.19. The average Bonchev–Trinajstić information content (AvgIpc) is 2.87. The molecule has 0 radical (unpaired) electrons. The molecule has 2 aromatic rings. The van der Waals surface area contributed by atoms with E-state index in [1.165, 1.54) is 16.0 Å². The van der Waals surface area contributed by atoms with E-state index in [1.807, 2.05) is 25.1 Å². The van der Waals surface area contributed by atoms with Crippen LogP contribution in [-0.2, 0) is 11.2 Å². The van der Waals surface area contributed by atoms with Crippen molar-refractivity contribution in [1.29, 1.82) is 0 Å². The van der Waals surface area contributed by atoms with Crippen LogP contribution in [-0.4, -0.2) is 11.2 Å². The van der Waals surface area contributed by atoms with E-state index in [2.05, 4.69) is 30.4 Å². The number of amides is 1.